The molecule has 4 rings (SSSR count). The number of carbonyl (C=O) groups excluding carboxylic acids is 1. The summed E-state index contributed by atoms with van der Waals surface area (Å²) in [5.41, 5.74) is 6.08. The number of aryl methyl sites for hydroxylation is 4. The first-order valence-electron chi connectivity index (χ1n) is 9.75. The number of nitrogens with zero attached hydrogens (tertiary/aromatic N) is 3. The van der Waals surface area contributed by atoms with Gasteiger partial charge in [-0.25, -0.2) is 0 Å². The molecule has 1 atom stereocenters. The lowest BCUT2D eigenvalue weighted by Crippen LogP contribution is -2.26. The summed E-state index contributed by atoms with van der Waals surface area (Å²) in [7, 11) is 0. The Morgan fingerprint density at radius 2 is 2.08 bits per heavy atom. The molecule has 1 fully saturated rings. The standard InChI is InChI=1S/C21H28N4O/c1-15-12-16(2)25(23-15)20-8-10-24(14-20)11-9-21(26)22-19-7-6-17-4-3-5-18(17)13-19/h6-7,12-13,20H,3-5,8-11,14H2,1-2H3,(H,22,26). The zero-order valence-electron chi connectivity index (χ0n) is 15.8. The number of aromatic nitrogens is 2. The van der Waals surface area contributed by atoms with Crippen molar-refractivity contribution in [3.8, 4) is 0 Å². The molecule has 1 aromatic heterocycles. The monoisotopic (exact) mass is 352 g/mol. The van der Waals surface area contributed by atoms with Crippen molar-refractivity contribution in [2.45, 2.75) is 52.0 Å². The highest BCUT2D eigenvalue weighted by atomic mass is 16.1. The Balaban J connectivity index is 1.27. The molecule has 0 saturated carbocycles. The summed E-state index contributed by atoms with van der Waals surface area (Å²) >= 11 is 0. The number of carbonyl (C=O) groups is 1. The van der Waals surface area contributed by atoms with Crippen molar-refractivity contribution in [1.82, 2.24) is 14.7 Å². The van der Waals surface area contributed by atoms with Gasteiger partial charge in [-0.05, 0) is 68.9 Å². The Morgan fingerprint density at radius 1 is 1.23 bits per heavy atom. The van der Waals surface area contributed by atoms with Gasteiger partial charge in [-0.3, -0.25) is 9.48 Å². The average Bonchev–Trinajstić information content (AvgIpc) is 3.32. The molecule has 2 aromatic rings. The second-order valence-corrected chi connectivity index (χ2v) is 7.75. The Labute approximate surface area is 155 Å². The first-order chi connectivity index (χ1) is 12.6. The molecule has 0 bridgehead atoms. The van der Waals surface area contributed by atoms with E-state index < -0.39 is 0 Å². The highest BCUT2D eigenvalue weighted by Crippen LogP contribution is 2.25. The third-order valence-corrected chi connectivity index (χ3v) is 5.68. The lowest BCUT2D eigenvalue weighted by atomic mass is 10.1. The van der Waals surface area contributed by atoms with Crippen molar-refractivity contribution >= 4 is 11.6 Å². The number of likely N-dealkylation sites (tertiary alicyclic amines) is 1. The van der Waals surface area contributed by atoms with Crippen LogP contribution in [0.3, 0.4) is 0 Å². The molecule has 0 spiro atoms. The normalized spacial score (nSPS) is 19.7. The smallest absolute Gasteiger partial charge is 0.225 e. The van der Waals surface area contributed by atoms with Gasteiger partial charge in [0.1, 0.15) is 0 Å². The van der Waals surface area contributed by atoms with Crippen molar-refractivity contribution in [2.24, 2.45) is 0 Å². The van der Waals surface area contributed by atoms with E-state index in [0.29, 0.717) is 12.5 Å². The maximum absolute atomic E-state index is 12.3. The quantitative estimate of drug-likeness (QED) is 0.898. The molecule has 1 aromatic carbocycles. The summed E-state index contributed by atoms with van der Waals surface area (Å²) in [5.74, 6) is 0.109. The van der Waals surface area contributed by atoms with Gasteiger partial charge < -0.3 is 10.2 Å². The molecular weight excluding hydrogens is 324 g/mol. The van der Waals surface area contributed by atoms with Crippen LogP contribution < -0.4 is 5.32 Å². The highest BCUT2D eigenvalue weighted by molar-refractivity contribution is 5.91. The topological polar surface area (TPSA) is 50.2 Å². The van der Waals surface area contributed by atoms with Crippen LogP contribution in [-0.4, -0.2) is 40.2 Å². The van der Waals surface area contributed by atoms with Gasteiger partial charge in [-0.2, -0.15) is 5.10 Å². The predicted octanol–water partition coefficient (Wildman–Crippen LogP) is 3.26. The van der Waals surface area contributed by atoms with Gasteiger partial charge in [0.05, 0.1) is 11.7 Å². The van der Waals surface area contributed by atoms with Crippen molar-refractivity contribution in [3.63, 3.8) is 0 Å². The molecule has 5 nitrogen and oxygen atoms in total. The number of amides is 1. The van der Waals surface area contributed by atoms with Crippen LogP contribution >= 0.6 is 0 Å². The van der Waals surface area contributed by atoms with Gasteiger partial charge in [0.15, 0.2) is 0 Å². The van der Waals surface area contributed by atoms with Crippen LogP contribution in [0, 0.1) is 13.8 Å². The molecule has 1 unspecified atom stereocenters. The molecule has 2 aliphatic rings. The number of benzene rings is 1. The lowest BCUT2D eigenvalue weighted by Gasteiger charge is -2.17. The minimum atomic E-state index is 0.109. The number of anilines is 1. The minimum absolute atomic E-state index is 0.109. The van der Waals surface area contributed by atoms with Crippen molar-refractivity contribution in [2.75, 3.05) is 25.0 Å². The van der Waals surface area contributed by atoms with Crippen LogP contribution in [0.4, 0.5) is 5.69 Å². The SMILES string of the molecule is Cc1cc(C)n(C2CCN(CCC(=O)Nc3ccc4c(c3)CCC4)C2)n1. The second kappa shape index (κ2) is 7.23. The fraction of sp³-hybridized carbons (Fsp3) is 0.524. The summed E-state index contributed by atoms with van der Waals surface area (Å²) < 4.78 is 2.15. The third kappa shape index (κ3) is 3.68. The molecule has 2 heterocycles. The maximum atomic E-state index is 12.3. The molecule has 138 valence electrons. The molecule has 26 heavy (non-hydrogen) atoms. The zero-order chi connectivity index (χ0) is 18.1. The van der Waals surface area contributed by atoms with Crippen molar-refractivity contribution in [3.05, 3.63) is 46.8 Å². The van der Waals surface area contributed by atoms with Crippen LogP contribution in [0.2, 0.25) is 0 Å². The fourth-order valence-electron chi connectivity index (χ4n) is 4.36. The summed E-state index contributed by atoms with van der Waals surface area (Å²) in [4.78, 5) is 14.7. The Morgan fingerprint density at radius 3 is 2.88 bits per heavy atom. The summed E-state index contributed by atoms with van der Waals surface area (Å²) in [6, 6.07) is 8.92. The third-order valence-electron chi connectivity index (χ3n) is 5.68. The van der Waals surface area contributed by atoms with E-state index in [1.807, 2.05) is 13.0 Å². The number of hydrogen-bond donors (Lipinski definition) is 1. The van der Waals surface area contributed by atoms with Gasteiger partial charge in [0, 0.05) is 37.4 Å². The van der Waals surface area contributed by atoms with E-state index in [0.717, 1.165) is 43.9 Å². The molecule has 5 heteroatoms. The summed E-state index contributed by atoms with van der Waals surface area (Å²) in [5, 5.41) is 7.68. The maximum Gasteiger partial charge on any atom is 0.225 e. The van der Waals surface area contributed by atoms with Crippen LogP contribution in [0.15, 0.2) is 24.3 Å². The van der Waals surface area contributed by atoms with Crippen LogP contribution in [0.1, 0.15) is 47.8 Å². The number of hydrogen-bond acceptors (Lipinski definition) is 3. The van der Waals surface area contributed by atoms with Gasteiger partial charge in [0.25, 0.3) is 0 Å². The Bertz CT molecular complexity index is 810. The highest BCUT2D eigenvalue weighted by Gasteiger charge is 2.25. The summed E-state index contributed by atoms with van der Waals surface area (Å²) in [6.45, 7) is 6.99. The van der Waals surface area contributed by atoms with E-state index >= 15 is 0 Å². The predicted molar refractivity (Wildman–Crippen MR) is 104 cm³/mol. The zero-order valence-corrected chi connectivity index (χ0v) is 15.8. The molecule has 1 N–H and O–H groups in total. The lowest BCUT2D eigenvalue weighted by molar-refractivity contribution is -0.116. The first-order valence-corrected chi connectivity index (χ1v) is 9.75. The van der Waals surface area contributed by atoms with E-state index in [4.69, 9.17) is 0 Å². The second-order valence-electron chi connectivity index (χ2n) is 7.75. The number of nitrogens with one attached hydrogen (secondary N) is 1. The first kappa shape index (κ1) is 17.3. The largest absolute Gasteiger partial charge is 0.326 e. The van der Waals surface area contributed by atoms with Crippen molar-refractivity contribution in [1.29, 1.82) is 0 Å². The molecular formula is C21H28N4O. The van der Waals surface area contributed by atoms with E-state index in [1.54, 1.807) is 0 Å². The molecule has 0 radical (unpaired) electrons. The van der Waals surface area contributed by atoms with Gasteiger partial charge in [-0.1, -0.05) is 6.07 Å². The van der Waals surface area contributed by atoms with Crippen LogP contribution in [0.5, 0.6) is 0 Å². The number of rotatable bonds is 5. The Kier molecular flexibility index (Phi) is 4.81. The molecule has 1 amide bonds. The average molecular weight is 352 g/mol. The van der Waals surface area contributed by atoms with E-state index in [-0.39, 0.29) is 5.91 Å². The van der Waals surface area contributed by atoms with E-state index in [9.17, 15) is 4.79 Å². The summed E-state index contributed by atoms with van der Waals surface area (Å²) in [6.07, 6.45) is 5.20. The molecule has 1 aliphatic carbocycles. The molecule has 1 aliphatic heterocycles. The van der Waals surface area contributed by atoms with Crippen molar-refractivity contribution < 1.29 is 4.79 Å². The molecule has 1 saturated heterocycles. The van der Waals surface area contributed by atoms with Gasteiger partial charge >= 0.3 is 0 Å². The van der Waals surface area contributed by atoms with Crippen LogP contribution in [-0.2, 0) is 17.6 Å². The van der Waals surface area contributed by atoms with Gasteiger partial charge in [-0.15, -0.1) is 0 Å². The Hall–Kier alpha value is -2.14. The minimum Gasteiger partial charge on any atom is -0.326 e. The van der Waals surface area contributed by atoms with E-state index in [2.05, 4.69) is 45.1 Å². The van der Waals surface area contributed by atoms with Crippen LogP contribution in [0.25, 0.3) is 0 Å². The van der Waals surface area contributed by atoms with E-state index in [1.165, 1.54) is 29.7 Å². The van der Waals surface area contributed by atoms with Gasteiger partial charge in [0.2, 0.25) is 5.91 Å². The fourth-order valence-corrected chi connectivity index (χ4v) is 4.36. The number of fused-ring (bicyclic) bond motifs is 1.